The highest BCUT2D eigenvalue weighted by Crippen LogP contribution is 2.30. The lowest BCUT2D eigenvalue weighted by Crippen LogP contribution is -2.44. The zero-order valence-corrected chi connectivity index (χ0v) is 13.5. The van der Waals surface area contributed by atoms with Crippen molar-refractivity contribution in [2.45, 2.75) is 40.7 Å². The maximum absolute atomic E-state index is 12.4. The van der Waals surface area contributed by atoms with E-state index in [1.54, 1.807) is 13.8 Å². The smallest absolute Gasteiger partial charge is 0.326 e. The lowest BCUT2D eigenvalue weighted by molar-refractivity contribution is -0.140. The molecular weight excluding hydrogens is 282 g/mol. The van der Waals surface area contributed by atoms with Crippen LogP contribution in [0.25, 0.3) is 11.0 Å². The summed E-state index contributed by atoms with van der Waals surface area (Å²) < 4.78 is 5.73. The molecule has 1 atom stereocenters. The number of carbonyl (C=O) groups is 2. The minimum atomic E-state index is -1.05. The second-order valence-electron chi connectivity index (χ2n) is 5.99. The highest BCUT2D eigenvalue weighted by Gasteiger charge is 2.27. The van der Waals surface area contributed by atoms with Crippen molar-refractivity contribution in [3.05, 3.63) is 34.6 Å². The lowest BCUT2D eigenvalue weighted by Gasteiger charge is -2.17. The normalized spacial score (nSPS) is 12.6. The van der Waals surface area contributed by atoms with Crippen LogP contribution in [0.3, 0.4) is 0 Å². The molecule has 1 aromatic carbocycles. The Morgan fingerprint density at radius 3 is 2.23 bits per heavy atom. The van der Waals surface area contributed by atoms with Gasteiger partial charge in [0.1, 0.15) is 11.6 Å². The predicted octanol–water partition coefficient (Wildman–Crippen LogP) is 3.20. The highest BCUT2D eigenvalue weighted by atomic mass is 16.4. The summed E-state index contributed by atoms with van der Waals surface area (Å²) in [6.07, 6.45) is 0. The molecule has 1 unspecified atom stereocenters. The van der Waals surface area contributed by atoms with E-state index in [1.165, 1.54) is 0 Å². The van der Waals surface area contributed by atoms with Gasteiger partial charge in [-0.15, -0.1) is 0 Å². The molecule has 0 radical (unpaired) electrons. The van der Waals surface area contributed by atoms with Gasteiger partial charge in [0.25, 0.3) is 5.91 Å². The summed E-state index contributed by atoms with van der Waals surface area (Å²) in [5, 5.41) is 12.7. The number of aryl methyl sites for hydroxylation is 3. The van der Waals surface area contributed by atoms with Crippen molar-refractivity contribution in [3.8, 4) is 0 Å². The van der Waals surface area contributed by atoms with Crippen LogP contribution in [0, 0.1) is 26.7 Å². The summed E-state index contributed by atoms with van der Waals surface area (Å²) in [4.78, 5) is 23.6. The van der Waals surface area contributed by atoms with E-state index in [1.807, 2.05) is 32.9 Å². The Labute approximate surface area is 129 Å². The number of furan rings is 1. The first-order chi connectivity index (χ1) is 10.2. The fourth-order valence-electron chi connectivity index (χ4n) is 2.61. The van der Waals surface area contributed by atoms with E-state index >= 15 is 0 Å². The molecule has 0 spiro atoms. The Morgan fingerprint density at radius 1 is 1.14 bits per heavy atom. The number of nitrogens with one attached hydrogen (secondary N) is 1. The first-order valence-electron chi connectivity index (χ1n) is 7.27. The molecule has 2 aromatic rings. The van der Waals surface area contributed by atoms with E-state index in [-0.39, 0.29) is 11.7 Å². The first-order valence-corrected chi connectivity index (χ1v) is 7.27. The molecule has 2 rings (SSSR count). The zero-order chi connectivity index (χ0) is 16.6. The molecule has 0 aliphatic rings. The average Bonchev–Trinajstić information content (AvgIpc) is 2.78. The number of fused-ring (bicyclic) bond motifs is 1. The van der Waals surface area contributed by atoms with Gasteiger partial charge in [-0.05, 0) is 37.8 Å². The minimum Gasteiger partial charge on any atom is -0.480 e. The van der Waals surface area contributed by atoms with Crippen molar-refractivity contribution in [1.29, 1.82) is 0 Å². The lowest BCUT2D eigenvalue weighted by atomic mass is 10.0. The maximum Gasteiger partial charge on any atom is 0.326 e. The molecule has 2 N–H and O–H groups in total. The van der Waals surface area contributed by atoms with Gasteiger partial charge >= 0.3 is 5.97 Å². The number of benzene rings is 1. The van der Waals surface area contributed by atoms with Crippen molar-refractivity contribution >= 4 is 22.8 Å². The van der Waals surface area contributed by atoms with Gasteiger partial charge in [0.15, 0.2) is 5.76 Å². The molecule has 5 nitrogen and oxygen atoms in total. The van der Waals surface area contributed by atoms with E-state index < -0.39 is 17.9 Å². The van der Waals surface area contributed by atoms with Crippen LogP contribution in [0.5, 0.6) is 0 Å². The van der Waals surface area contributed by atoms with Crippen molar-refractivity contribution < 1.29 is 19.1 Å². The third kappa shape index (κ3) is 2.71. The van der Waals surface area contributed by atoms with Gasteiger partial charge in [0.2, 0.25) is 0 Å². The van der Waals surface area contributed by atoms with Gasteiger partial charge in [-0.3, -0.25) is 4.79 Å². The quantitative estimate of drug-likeness (QED) is 0.909. The molecule has 22 heavy (non-hydrogen) atoms. The Bertz CT molecular complexity index is 743. The summed E-state index contributed by atoms with van der Waals surface area (Å²) in [5.41, 5.74) is 3.39. The van der Waals surface area contributed by atoms with Crippen LogP contribution in [0.4, 0.5) is 0 Å². The highest BCUT2D eigenvalue weighted by molar-refractivity contribution is 6.01. The van der Waals surface area contributed by atoms with Crippen LogP contribution >= 0.6 is 0 Å². The molecule has 1 aromatic heterocycles. The van der Waals surface area contributed by atoms with E-state index in [0.717, 1.165) is 22.1 Å². The van der Waals surface area contributed by atoms with E-state index in [0.29, 0.717) is 5.58 Å². The topological polar surface area (TPSA) is 79.5 Å². The van der Waals surface area contributed by atoms with Crippen LogP contribution in [-0.4, -0.2) is 23.0 Å². The molecule has 0 aliphatic heterocycles. The fourth-order valence-corrected chi connectivity index (χ4v) is 2.61. The Kier molecular flexibility index (Phi) is 4.26. The van der Waals surface area contributed by atoms with Crippen molar-refractivity contribution in [3.63, 3.8) is 0 Å². The first kappa shape index (κ1) is 16.1. The molecular formula is C17H21NO4. The summed E-state index contributed by atoms with van der Waals surface area (Å²) in [6.45, 7) is 9.19. The maximum atomic E-state index is 12.4. The van der Waals surface area contributed by atoms with E-state index in [4.69, 9.17) is 4.42 Å². The molecule has 0 aliphatic carbocycles. The molecule has 118 valence electrons. The number of carboxylic acid groups (broad SMARTS) is 1. The summed E-state index contributed by atoms with van der Waals surface area (Å²) in [5.74, 6) is -1.58. The number of hydrogen-bond donors (Lipinski definition) is 2. The van der Waals surface area contributed by atoms with Crippen LogP contribution in [0.2, 0.25) is 0 Å². The molecule has 0 saturated carbocycles. The number of amides is 1. The van der Waals surface area contributed by atoms with Crippen molar-refractivity contribution in [1.82, 2.24) is 5.32 Å². The van der Waals surface area contributed by atoms with E-state index in [9.17, 15) is 14.7 Å². The Morgan fingerprint density at radius 2 is 1.73 bits per heavy atom. The second kappa shape index (κ2) is 5.83. The molecule has 0 fully saturated rings. The number of carbonyl (C=O) groups excluding carboxylic acids is 1. The summed E-state index contributed by atoms with van der Waals surface area (Å²) >= 11 is 0. The fraction of sp³-hybridized carbons (Fsp3) is 0.412. The molecule has 0 saturated heterocycles. The SMILES string of the molecule is Cc1ccc(C)c2c(C)c(C(=O)NC(C(=O)O)C(C)C)oc12. The second-order valence-corrected chi connectivity index (χ2v) is 5.99. The van der Waals surface area contributed by atoms with Gasteiger partial charge in [-0.1, -0.05) is 26.0 Å². The largest absolute Gasteiger partial charge is 0.480 e. The summed E-state index contributed by atoms with van der Waals surface area (Å²) in [7, 11) is 0. The molecule has 0 bridgehead atoms. The number of hydrogen-bond acceptors (Lipinski definition) is 3. The van der Waals surface area contributed by atoms with Gasteiger partial charge in [0.05, 0.1) is 0 Å². The molecule has 1 heterocycles. The summed E-state index contributed by atoms with van der Waals surface area (Å²) in [6, 6.07) is 2.98. The van der Waals surface area contributed by atoms with Gasteiger partial charge in [-0.2, -0.15) is 0 Å². The van der Waals surface area contributed by atoms with Crippen LogP contribution in [0.15, 0.2) is 16.5 Å². The third-order valence-corrected chi connectivity index (χ3v) is 3.91. The molecule has 1 amide bonds. The number of carboxylic acids is 1. The minimum absolute atomic E-state index is 0.180. The Hall–Kier alpha value is -2.30. The van der Waals surface area contributed by atoms with Crippen LogP contribution in [0.1, 0.15) is 41.1 Å². The van der Waals surface area contributed by atoms with Gasteiger partial charge in [0, 0.05) is 10.9 Å². The zero-order valence-electron chi connectivity index (χ0n) is 13.5. The van der Waals surface area contributed by atoms with Crippen molar-refractivity contribution in [2.75, 3.05) is 0 Å². The third-order valence-electron chi connectivity index (χ3n) is 3.91. The average molecular weight is 303 g/mol. The van der Waals surface area contributed by atoms with E-state index in [2.05, 4.69) is 5.32 Å². The number of aliphatic carboxylic acids is 1. The van der Waals surface area contributed by atoms with Crippen LogP contribution < -0.4 is 5.32 Å². The number of rotatable bonds is 4. The molecule has 5 heteroatoms. The monoisotopic (exact) mass is 303 g/mol. The van der Waals surface area contributed by atoms with Crippen molar-refractivity contribution in [2.24, 2.45) is 5.92 Å². The Balaban J connectivity index is 2.45. The van der Waals surface area contributed by atoms with Gasteiger partial charge in [-0.25, -0.2) is 4.79 Å². The standard InChI is InChI=1S/C17H21NO4/c1-8(2)13(17(20)21)18-16(19)15-11(5)12-9(3)6-7-10(4)14(12)22-15/h6-8,13H,1-5H3,(H,18,19)(H,20,21). The van der Waals surface area contributed by atoms with Gasteiger partial charge < -0.3 is 14.8 Å². The predicted molar refractivity (Wildman–Crippen MR) is 84.2 cm³/mol. The van der Waals surface area contributed by atoms with Crippen LogP contribution in [-0.2, 0) is 4.79 Å².